The lowest BCUT2D eigenvalue weighted by molar-refractivity contribution is -0.131. The van der Waals surface area contributed by atoms with E-state index in [0.29, 0.717) is 6.42 Å². The van der Waals surface area contributed by atoms with Crippen molar-refractivity contribution in [3.63, 3.8) is 0 Å². The molecule has 2 heterocycles. The zero-order valence-electron chi connectivity index (χ0n) is 17.8. The molecule has 0 spiro atoms. The van der Waals surface area contributed by atoms with Crippen LogP contribution in [0.3, 0.4) is 0 Å². The minimum absolute atomic E-state index is 0.00400. The van der Waals surface area contributed by atoms with Gasteiger partial charge in [-0.05, 0) is 43.4 Å². The van der Waals surface area contributed by atoms with Crippen molar-refractivity contribution in [2.24, 2.45) is 5.92 Å². The van der Waals surface area contributed by atoms with E-state index >= 15 is 0 Å². The number of anilines is 2. The van der Waals surface area contributed by atoms with Crippen LogP contribution in [0.5, 0.6) is 0 Å². The summed E-state index contributed by atoms with van der Waals surface area (Å²) in [5.41, 5.74) is 3.29. The number of nitrogens with zero attached hydrogens (tertiary/aromatic N) is 3. The first kappa shape index (κ1) is 20.8. The predicted molar refractivity (Wildman–Crippen MR) is 121 cm³/mol. The molecular weight excluding hydrogens is 396 g/mol. The molecule has 1 N–H and O–H groups in total. The third-order valence-electron chi connectivity index (χ3n) is 6.13. The zero-order chi connectivity index (χ0) is 21.1. The van der Waals surface area contributed by atoms with E-state index in [1.54, 1.807) is 11.3 Å². The first-order valence-corrected chi connectivity index (χ1v) is 11.8. The Morgan fingerprint density at radius 1 is 1.13 bits per heavy atom. The molecule has 1 fully saturated rings. The summed E-state index contributed by atoms with van der Waals surface area (Å²) in [6.07, 6.45) is 4.02. The molecule has 2 aromatic rings. The van der Waals surface area contributed by atoms with Gasteiger partial charge in [0.25, 0.3) is 0 Å². The van der Waals surface area contributed by atoms with Crippen LogP contribution >= 0.6 is 11.3 Å². The third-order valence-corrected chi connectivity index (χ3v) is 7.31. The number of thiazole rings is 1. The van der Waals surface area contributed by atoms with E-state index in [4.69, 9.17) is 4.98 Å². The van der Waals surface area contributed by atoms with Gasteiger partial charge in [0, 0.05) is 49.1 Å². The molecule has 4 rings (SSSR count). The molecule has 1 aromatic heterocycles. The number of carbonyl (C=O) groups is 2. The fourth-order valence-electron chi connectivity index (χ4n) is 4.16. The maximum absolute atomic E-state index is 12.8. The predicted octanol–water partition coefficient (Wildman–Crippen LogP) is 3.51. The molecule has 1 atom stereocenters. The van der Waals surface area contributed by atoms with Crippen LogP contribution in [0.4, 0.5) is 10.8 Å². The molecule has 1 aromatic carbocycles. The van der Waals surface area contributed by atoms with Gasteiger partial charge >= 0.3 is 0 Å². The lowest BCUT2D eigenvalue weighted by Crippen LogP contribution is -2.48. The van der Waals surface area contributed by atoms with Gasteiger partial charge in [0.2, 0.25) is 11.8 Å². The maximum atomic E-state index is 12.8. The van der Waals surface area contributed by atoms with Gasteiger partial charge in [0.05, 0.1) is 5.69 Å². The van der Waals surface area contributed by atoms with Crippen molar-refractivity contribution in [3.05, 3.63) is 40.4 Å². The summed E-state index contributed by atoms with van der Waals surface area (Å²) in [7, 11) is 0. The Balaban J connectivity index is 1.36. The number of aryl methyl sites for hydroxylation is 2. The Bertz CT molecular complexity index is 900. The van der Waals surface area contributed by atoms with Crippen molar-refractivity contribution in [3.8, 4) is 0 Å². The van der Waals surface area contributed by atoms with Crippen molar-refractivity contribution in [2.75, 3.05) is 36.4 Å². The van der Waals surface area contributed by atoms with E-state index in [1.807, 2.05) is 24.0 Å². The molecule has 0 bridgehead atoms. The monoisotopic (exact) mass is 426 g/mol. The maximum Gasteiger partial charge on any atom is 0.227 e. The van der Waals surface area contributed by atoms with Gasteiger partial charge in [-0.1, -0.05) is 26.0 Å². The molecule has 1 unspecified atom stereocenters. The topological polar surface area (TPSA) is 65.5 Å². The van der Waals surface area contributed by atoms with Crippen molar-refractivity contribution in [1.82, 2.24) is 9.88 Å². The summed E-state index contributed by atoms with van der Waals surface area (Å²) in [4.78, 5) is 35.0. The molecule has 6 nitrogen and oxygen atoms in total. The third kappa shape index (κ3) is 4.51. The van der Waals surface area contributed by atoms with Crippen LogP contribution in [-0.2, 0) is 28.9 Å². The number of nitrogens with one attached hydrogen (secondary N) is 1. The highest BCUT2D eigenvalue weighted by atomic mass is 32.1. The van der Waals surface area contributed by atoms with Gasteiger partial charge in [-0.25, -0.2) is 4.98 Å². The van der Waals surface area contributed by atoms with Crippen LogP contribution in [0.2, 0.25) is 0 Å². The van der Waals surface area contributed by atoms with Crippen LogP contribution in [0.15, 0.2) is 24.3 Å². The van der Waals surface area contributed by atoms with E-state index in [-0.39, 0.29) is 17.7 Å². The largest absolute Gasteiger partial charge is 0.345 e. The zero-order valence-corrected chi connectivity index (χ0v) is 18.6. The minimum Gasteiger partial charge on any atom is -0.345 e. The number of carbonyl (C=O) groups excluding carboxylic acids is 2. The van der Waals surface area contributed by atoms with Crippen molar-refractivity contribution >= 4 is 34.0 Å². The smallest absolute Gasteiger partial charge is 0.227 e. The number of fused-ring (bicyclic) bond motifs is 1. The highest BCUT2D eigenvalue weighted by Crippen LogP contribution is 2.35. The second-order valence-corrected chi connectivity index (χ2v) is 9.13. The Hall–Kier alpha value is -2.41. The fourth-order valence-corrected chi connectivity index (χ4v) is 5.40. The molecule has 0 saturated carbocycles. The summed E-state index contributed by atoms with van der Waals surface area (Å²) in [5, 5.41) is 4.12. The summed E-state index contributed by atoms with van der Waals surface area (Å²) in [6.45, 7) is 7.22. The quantitative estimate of drug-likeness (QED) is 0.795. The highest BCUT2D eigenvalue weighted by molar-refractivity contribution is 7.15. The number of piperazine rings is 1. The van der Waals surface area contributed by atoms with E-state index in [9.17, 15) is 9.59 Å². The van der Waals surface area contributed by atoms with Crippen molar-refractivity contribution in [1.29, 1.82) is 0 Å². The summed E-state index contributed by atoms with van der Waals surface area (Å²) >= 11 is 1.72. The van der Waals surface area contributed by atoms with Crippen LogP contribution in [-0.4, -0.2) is 47.9 Å². The second-order valence-electron chi connectivity index (χ2n) is 8.07. The van der Waals surface area contributed by atoms with Crippen molar-refractivity contribution < 1.29 is 9.59 Å². The van der Waals surface area contributed by atoms with Gasteiger partial charge in [-0.3, -0.25) is 9.59 Å². The summed E-state index contributed by atoms with van der Waals surface area (Å²) in [5.74, 6) is 0.327. The summed E-state index contributed by atoms with van der Waals surface area (Å²) in [6, 6.07) is 8.10. The molecular formula is C23H30N4O2S. The number of benzene rings is 1. The van der Waals surface area contributed by atoms with Gasteiger partial charge in [-0.2, -0.15) is 0 Å². The Kier molecular flexibility index (Phi) is 6.37. The van der Waals surface area contributed by atoms with Gasteiger partial charge < -0.3 is 15.1 Å². The van der Waals surface area contributed by atoms with E-state index in [0.717, 1.165) is 68.4 Å². The summed E-state index contributed by atoms with van der Waals surface area (Å²) < 4.78 is 0. The lowest BCUT2D eigenvalue weighted by atomic mass is 9.90. The molecule has 160 valence electrons. The number of rotatable bonds is 5. The highest BCUT2D eigenvalue weighted by Gasteiger charge is 2.29. The standard InChI is InChI=1S/C23H30N4O2S/c1-3-16-5-8-18(9-6-16)24-22(29)17-7-10-19-20(15-17)30-23(25-19)27-13-11-26(12-14-27)21(28)4-2/h5-6,8-9,17H,3-4,7,10-15H2,1-2H3,(H,24,29). The molecule has 1 saturated heterocycles. The van der Waals surface area contributed by atoms with Crippen LogP contribution in [0.1, 0.15) is 42.8 Å². The lowest BCUT2D eigenvalue weighted by Gasteiger charge is -2.34. The van der Waals surface area contributed by atoms with E-state index in [2.05, 4.69) is 29.3 Å². The van der Waals surface area contributed by atoms with Crippen LogP contribution in [0.25, 0.3) is 0 Å². The first-order valence-electron chi connectivity index (χ1n) is 11.0. The molecule has 1 aliphatic heterocycles. The fraction of sp³-hybridized carbons (Fsp3) is 0.522. The SMILES string of the molecule is CCC(=O)N1CCN(c2nc3c(s2)CC(C(=O)Nc2ccc(CC)cc2)CC3)CC1. The van der Waals surface area contributed by atoms with Gasteiger partial charge in [0.1, 0.15) is 0 Å². The molecule has 0 radical (unpaired) electrons. The second kappa shape index (κ2) is 9.16. The minimum atomic E-state index is -0.00400. The van der Waals surface area contributed by atoms with Gasteiger partial charge in [-0.15, -0.1) is 11.3 Å². The average Bonchev–Trinajstić information content (AvgIpc) is 3.22. The normalized spacial score (nSPS) is 18.8. The molecule has 1 aliphatic carbocycles. The Morgan fingerprint density at radius 3 is 2.53 bits per heavy atom. The number of hydrogen-bond donors (Lipinski definition) is 1. The molecule has 2 amide bonds. The van der Waals surface area contributed by atoms with Crippen LogP contribution in [0, 0.1) is 5.92 Å². The molecule has 7 heteroatoms. The Labute approximate surface area is 182 Å². The Morgan fingerprint density at radius 2 is 1.87 bits per heavy atom. The molecule has 2 aliphatic rings. The first-order chi connectivity index (χ1) is 14.6. The average molecular weight is 427 g/mol. The van der Waals surface area contributed by atoms with Crippen LogP contribution < -0.4 is 10.2 Å². The van der Waals surface area contributed by atoms with E-state index < -0.39 is 0 Å². The number of aromatic nitrogens is 1. The molecule has 30 heavy (non-hydrogen) atoms. The van der Waals surface area contributed by atoms with E-state index in [1.165, 1.54) is 10.4 Å². The number of hydrogen-bond acceptors (Lipinski definition) is 5. The number of amides is 2. The van der Waals surface area contributed by atoms with Gasteiger partial charge in [0.15, 0.2) is 5.13 Å². The van der Waals surface area contributed by atoms with Crippen molar-refractivity contribution in [2.45, 2.75) is 46.0 Å².